The molecule has 1 aliphatic heterocycles. The zero-order valence-electron chi connectivity index (χ0n) is 28.7. The average molecular weight is 619 g/mol. The molecule has 1 rings (SSSR count). The van der Waals surface area contributed by atoms with Gasteiger partial charge in [-0.15, -0.1) is 11.6 Å². The molecule has 0 saturated carbocycles. The first-order chi connectivity index (χ1) is 21.3. The lowest BCUT2D eigenvalue weighted by atomic mass is 9.98. The number of alkyl halides is 1. The molecule has 0 spiro atoms. The Bertz CT molecular complexity index is 647. The molecule has 0 aromatic heterocycles. The van der Waals surface area contributed by atoms with Gasteiger partial charge in [0.05, 0.1) is 18.6 Å². The summed E-state index contributed by atoms with van der Waals surface area (Å²) >= 11 is 6.12. The van der Waals surface area contributed by atoms with Crippen molar-refractivity contribution < 1.29 is 9.47 Å². The minimum Gasteiger partial charge on any atom is -0.347 e. The van der Waals surface area contributed by atoms with E-state index in [-0.39, 0.29) is 11.9 Å². The van der Waals surface area contributed by atoms with Crippen molar-refractivity contribution in [3.05, 3.63) is 48.6 Å². The molecule has 1 aliphatic rings. The van der Waals surface area contributed by atoms with E-state index in [0.717, 1.165) is 25.7 Å². The average Bonchev–Trinajstić information content (AvgIpc) is 3.44. The Hall–Kier alpha value is -0.830. The third-order valence-corrected chi connectivity index (χ3v) is 8.95. The summed E-state index contributed by atoms with van der Waals surface area (Å²) in [6, 6.07) is 0. The fourth-order valence-corrected chi connectivity index (χ4v) is 6.00. The van der Waals surface area contributed by atoms with Gasteiger partial charge in [-0.05, 0) is 77.0 Å². The molecule has 3 heteroatoms. The highest BCUT2D eigenvalue weighted by atomic mass is 35.5. The highest BCUT2D eigenvalue weighted by Gasteiger charge is 2.40. The second-order valence-corrected chi connectivity index (χ2v) is 13.1. The summed E-state index contributed by atoms with van der Waals surface area (Å²) in [5, 5.41) is 0. The first-order valence-electron chi connectivity index (χ1n) is 18.7. The molecule has 2 nitrogen and oxygen atoms in total. The SMILES string of the molecule is CCCCCC=CCC=CCCCCCCCCC1(CCCCCCCCC=CCC=CCCCCC)OCC(CCl)O1. The van der Waals surface area contributed by atoms with Crippen LogP contribution in [0, 0.1) is 0 Å². The number of allylic oxidation sites excluding steroid dienone is 8. The number of ether oxygens (including phenoxy) is 2. The van der Waals surface area contributed by atoms with Crippen molar-refractivity contribution in [3.63, 3.8) is 0 Å². The quantitative estimate of drug-likeness (QED) is 0.0437. The van der Waals surface area contributed by atoms with Crippen molar-refractivity contribution in [2.75, 3.05) is 12.5 Å². The van der Waals surface area contributed by atoms with Crippen molar-refractivity contribution in [3.8, 4) is 0 Å². The fourth-order valence-electron chi connectivity index (χ4n) is 5.84. The van der Waals surface area contributed by atoms with Crippen LogP contribution in [0.2, 0.25) is 0 Å². The lowest BCUT2D eigenvalue weighted by Crippen LogP contribution is -2.31. The van der Waals surface area contributed by atoms with Gasteiger partial charge in [-0.1, -0.05) is 140 Å². The summed E-state index contributed by atoms with van der Waals surface area (Å²) in [7, 11) is 0. The number of hydrogen-bond donors (Lipinski definition) is 0. The van der Waals surface area contributed by atoms with E-state index in [9.17, 15) is 0 Å². The van der Waals surface area contributed by atoms with Crippen LogP contribution in [0.15, 0.2) is 48.6 Å². The normalized spacial score (nSPS) is 19.4. The van der Waals surface area contributed by atoms with Crippen molar-refractivity contribution in [2.45, 2.75) is 193 Å². The predicted molar refractivity (Wildman–Crippen MR) is 192 cm³/mol. The van der Waals surface area contributed by atoms with Crippen LogP contribution in [0.25, 0.3) is 0 Å². The maximum atomic E-state index is 6.37. The summed E-state index contributed by atoms with van der Waals surface area (Å²) in [6.07, 6.45) is 51.6. The van der Waals surface area contributed by atoms with Gasteiger partial charge in [0.1, 0.15) is 0 Å². The topological polar surface area (TPSA) is 18.5 Å². The lowest BCUT2D eigenvalue weighted by molar-refractivity contribution is -0.177. The molecule has 0 aliphatic carbocycles. The Kier molecular flexibility index (Phi) is 29.1. The zero-order valence-corrected chi connectivity index (χ0v) is 29.4. The molecule has 43 heavy (non-hydrogen) atoms. The molecule has 0 amide bonds. The van der Waals surface area contributed by atoms with Crippen LogP contribution in [0.1, 0.15) is 181 Å². The van der Waals surface area contributed by atoms with Gasteiger partial charge in [-0.2, -0.15) is 0 Å². The lowest BCUT2D eigenvalue weighted by Gasteiger charge is -2.28. The van der Waals surface area contributed by atoms with E-state index in [1.807, 2.05) is 0 Å². The largest absolute Gasteiger partial charge is 0.347 e. The molecule has 0 aromatic rings. The molecule has 1 saturated heterocycles. The first kappa shape index (κ1) is 40.2. The number of unbranched alkanes of at least 4 members (excludes halogenated alkanes) is 18. The van der Waals surface area contributed by atoms with Gasteiger partial charge < -0.3 is 9.47 Å². The summed E-state index contributed by atoms with van der Waals surface area (Å²) in [6.45, 7) is 5.19. The van der Waals surface area contributed by atoms with Gasteiger partial charge in [0.25, 0.3) is 0 Å². The van der Waals surface area contributed by atoms with Gasteiger partial charge in [0.15, 0.2) is 5.79 Å². The third-order valence-electron chi connectivity index (χ3n) is 8.60. The van der Waals surface area contributed by atoms with Crippen molar-refractivity contribution >= 4 is 11.6 Å². The van der Waals surface area contributed by atoms with E-state index in [0.29, 0.717) is 12.5 Å². The van der Waals surface area contributed by atoms with Crippen molar-refractivity contribution in [1.82, 2.24) is 0 Å². The standard InChI is InChI=1S/C40H71ClO2/c1-3-5-7-9-11-13-15-17-19-21-23-25-27-29-31-33-35-40(42-38-39(37-41)43-40)36-34-32-30-28-26-24-22-20-18-16-14-12-10-8-6-4-2/h11-14,17-20,39H,3-10,15-16,21-38H2,1-2H3. The summed E-state index contributed by atoms with van der Waals surface area (Å²) < 4.78 is 12.6. The second-order valence-electron chi connectivity index (χ2n) is 12.8. The van der Waals surface area contributed by atoms with E-state index in [1.165, 1.54) is 141 Å². The summed E-state index contributed by atoms with van der Waals surface area (Å²) in [5.41, 5.74) is 0. The molecule has 1 fully saturated rings. The van der Waals surface area contributed by atoms with E-state index >= 15 is 0 Å². The fraction of sp³-hybridized carbons (Fsp3) is 0.800. The Balaban J connectivity index is 2.04. The van der Waals surface area contributed by atoms with Crippen LogP contribution < -0.4 is 0 Å². The van der Waals surface area contributed by atoms with Crippen LogP contribution in [-0.4, -0.2) is 24.4 Å². The summed E-state index contributed by atoms with van der Waals surface area (Å²) in [5.74, 6) is 0.166. The minimum absolute atomic E-state index is 0.0656. The Morgan fingerprint density at radius 1 is 0.512 bits per heavy atom. The smallest absolute Gasteiger partial charge is 0.168 e. The number of halogens is 1. The van der Waals surface area contributed by atoms with Gasteiger partial charge in [-0.3, -0.25) is 0 Å². The maximum Gasteiger partial charge on any atom is 0.168 e. The third kappa shape index (κ3) is 25.1. The number of rotatable bonds is 31. The minimum atomic E-state index is -0.371. The van der Waals surface area contributed by atoms with Crippen molar-refractivity contribution in [1.29, 1.82) is 0 Å². The first-order valence-corrected chi connectivity index (χ1v) is 19.3. The molecule has 1 heterocycles. The second kappa shape index (κ2) is 31.2. The molecule has 0 bridgehead atoms. The Morgan fingerprint density at radius 2 is 0.884 bits per heavy atom. The van der Waals surface area contributed by atoms with Gasteiger partial charge in [-0.25, -0.2) is 0 Å². The molecule has 1 atom stereocenters. The Labute approximate surface area is 274 Å². The van der Waals surface area contributed by atoms with Gasteiger partial charge in [0.2, 0.25) is 0 Å². The molecule has 250 valence electrons. The van der Waals surface area contributed by atoms with E-state index in [1.54, 1.807) is 0 Å². The van der Waals surface area contributed by atoms with Crippen molar-refractivity contribution in [2.24, 2.45) is 0 Å². The molecule has 0 N–H and O–H groups in total. The van der Waals surface area contributed by atoms with Crippen LogP contribution in [0.3, 0.4) is 0 Å². The van der Waals surface area contributed by atoms with Crippen LogP contribution in [0.5, 0.6) is 0 Å². The van der Waals surface area contributed by atoms with Crippen LogP contribution in [0.4, 0.5) is 0 Å². The highest BCUT2D eigenvalue weighted by Crippen LogP contribution is 2.35. The van der Waals surface area contributed by atoms with E-state index < -0.39 is 0 Å². The van der Waals surface area contributed by atoms with Gasteiger partial charge in [0, 0.05) is 12.8 Å². The number of hydrogen-bond acceptors (Lipinski definition) is 2. The highest BCUT2D eigenvalue weighted by molar-refractivity contribution is 6.18. The predicted octanol–water partition coefficient (Wildman–Crippen LogP) is 13.7. The van der Waals surface area contributed by atoms with Crippen LogP contribution in [-0.2, 0) is 9.47 Å². The monoisotopic (exact) mass is 619 g/mol. The molecular weight excluding hydrogens is 548 g/mol. The van der Waals surface area contributed by atoms with E-state index in [4.69, 9.17) is 21.1 Å². The zero-order chi connectivity index (χ0) is 30.9. The molecular formula is C40H71ClO2. The molecule has 0 aromatic carbocycles. The van der Waals surface area contributed by atoms with Crippen LogP contribution >= 0.6 is 11.6 Å². The van der Waals surface area contributed by atoms with Gasteiger partial charge >= 0.3 is 0 Å². The maximum absolute atomic E-state index is 6.37. The van der Waals surface area contributed by atoms with E-state index in [2.05, 4.69) is 62.5 Å². The molecule has 0 radical (unpaired) electrons. The summed E-state index contributed by atoms with van der Waals surface area (Å²) in [4.78, 5) is 0. The Morgan fingerprint density at radius 3 is 1.26 bits per heavy atom. The molecule has 1 unspecified atom stereocenters.